The lowest BCUT2D eigenvalue weighted by atomic mass is 9.96. The minimum absolute atomic E-state index is 0.0335. The summed E-state index contributed by atoms with van der Waals surface area (Å²) in [7, 11) is 0. The second kappa shape index (κ2) is 33.5. The minimum Gasteiger partial charge on any atom is -0.394 e. The average molecular weight is 1260 g/mol. The molecule has 500 valence electrons. The number of nitrogens with one attached hydrogen (secondary N) is 8. The molecule has 0 spiro atoms. The van der Waals surface area contributed by atoms with Gasteiger partial charge in [0.05, 0.1) is 44.2 Å². The van der Waals surface area contributed by atoms with E-state index in [1.54, 1.807) is 13.8 Å². The molecule has 0 unspecified atom stereocenters. The third-order valence-electron chi connectivity index (χ3n) is 15.8. The SMILES string of the molecule is CC[C@H](C)[C@H](NC(=O)[C@@H]1CCCN1C(=O)[C@@H](NC(=O)[C@@H](NC(=O)[C@@H](NC(=O)[C@@H]1CCCN1C(C)=O)[C@@H](C)O[C@H]1O[C@H](CO)[C@H](O)[C@H](O)[C@H]1NC(C)=O)[C@@H](C)O[C@H]1O[C@H](CO)[C@H](O)[C@H](O)[C@H]1NC(C)=O)[C@@H](C)O)C(=O)N[C@@H](CO)C(=O)N[C@H](C(N)=O)[C@@H](C)O. The summed E-state index contributed by atoms with van der Waals surface area (Å²) in [4.78, 5) is 152. The summed E-state index contributed by atoms with van der Waals surface area (Å²) in [6.07, 6.45) is -19.9. The number of hydrogen-bond acceptors (Lipinski definition) is 24. The molecular weight excluding hydrogens is 1170 g/mol. The van der Waals surface area contributed by atoms with Crippen LogP contribution in [0.15, 0.2) is 0 Å². The number of amides is 11. The van der Waals surface area contributed by atoms with Gasteiger partial charge >= 0.3 is 0 Å². The maximum absolute atomic E-state index is 15.1. The number of ether oxygens (including phenoxy) is 4. The van der Waals surface area contributed by atoms with Crippen molar-refractivity contribution in [3.63, 3.8) is 0 Å². The highest BCUT2D eigenvalue weighted by Gasteiger charge is 2.51. The molecule has 4 saturated heterocycles. The molecule has 23 atom stereocenters. The average Bonchev–Trinajstić information content (AvgIpc) is 2.01. The Bertz CT molecular complexity index is 2460. The molecule has 4 aliphatic heterocycles. The summed E-state index contributed by atoms with van der Waals surface area (Å²) in [5, 5.41) is 114. The van der Waals surface area contributed by atoms with Crippen molar-refractivity contribution in [3.05, 3.63) is 0 Å². The van der Waals surface area contributed by atoms with Crippen molar-refractivity contribution in [2.45, 2.75) is 228 Å². The fourth-order valence-corrected chi connectivity index (χ4v) is 10.7. The van der Waals surface area contributed by atoms with Gasteiger partial charge in [0.15, 0.2) is 12.6 Å². The van der Waals surface area contributed by atoms with Crippen molar-refractivity contribution in [1.29, 1.82) is 0 Å². The number of hydrogen-bond donors (Lipinski definition) is 18. The first-order valence-corrected chi connectivity index (χ1v) is 29.0. The van der Waals surface area contributed by atoms with Crippen LogP contribution >= 0.6 is 0 Å². The highest BCUT2D eigenvalue weighted by molar-refractivity contribution is 5.99. The predicted octanol–water partition coefficient (Wildman–Crippen LogP) is -10.1. The molecule has 88 heavy (non-hydrogen) atoms. The van der Waals surface area contributed by atoms with Crippen molar-refractivity contribution in [1.82, 2.24) is 52.3 Å². The number of carbonyl (C=O) groups excluding carboxylic acids is 11. The molecule has 4 aliphatic rings. The van der Waals surface area contributed by atoms with Crippen molar-refractivity contribution >= 4 is 65.0 Å². The van der Waals surface area contributed by atoms with Crippen LogP contribution in [0.4, 0.5) is 0 Å². The summed E-state index contributed by atoms with van der Waals surface area (Å²) >= 11 is 0. The third kappa shape index (κ3) is 18.9. The zero-order valence-corrected chi connectivity index (χ0v) is 50.5. The lowest BCUT2D eigenvalue weighted by Gasteiger charge is -2.44. The second-order valence-corrected chi connectivity index (χ2v) is 22.6. The van der Waals surface area contributed by atoms with Gasteiger partial charge in [-0.1, -0.05) is 20.3 Å². The molecule has 4 rings (SSSR count). The molecule has 35 heteroatoms. The van der Waals surface area contributed by atoms with Gasteiger partial charge in [-0.25, -0.2) is 0 Å². The molecule has 0 aromatic rings. The number of primary amides is 1. The summed E-state index contributed by atoms with van der Waals surface area (Å²) in [5.74, 6) is -11.5. The van der Waals surface area contributed by atoms with Crippen molar-refractivity contribution < 1.29 is 118 Å². The van der Waals surface area contributed by atoms with E-state index in [-0.39, 0.29) is 38.8 Å². The minimum atomic E-state index is -2.13. The van der Waals surface area contributed by atoms with Crippen LogP contribution in [-0.2, 0) is 71.7 Å². The van der Waals surface area contributed by atoms with Gasteiger partial charge in [-0.3, -0.25) is 52.7 Å². The summed E-state index contributed by atoms with van der Waals surface area (Å²) in [6, 6.07) is -16.6. The van der Waals surface area contributed by atoms with Gasteiger partial charge in [-0.15, -0.1) is 0 Å². The van der Waals surface area contributed by atoms with E-state index in [9.17, 15) is 89.1 Å². The van der Waals surface area contributed by atoms with E-state index in [0.29, 0.717) is 6.42 Å². The molecule has 0 aromatic heterocycles. The third-order valence-corrected chi connectivity index (χ3v) is 15.8. The van der Waals surface area contributed by atoms with E-state index in [0.717, 1.165) is 39.5 Å². The summed E-state index contributed by atoms with van der Waals surface area (Å²) in [5.41, 5.74) is 5.27. The number of aliphatic hydroxyl groups excluding tert-OH is 9. The Kier molecular flexibility index (Phi) is 28.2. The van der Waals surface area contributed by atoms with Crippen LogP contribution in [0.3, 0.4) is 0 Å². The van der Waals surface area contributed by atoms with Gasteiger partial charge in [0.1, 0.15) is 97.0 Å². The van der Waals surface area contributed by atoms with Crippen LogP contribution in [0.25, 0.3) is 0 Å². The predicted molar refractivity (Wildman–Crippen MR) is 298 cm³/mol. The zero-order chi connectivity index (χ0) is 66.3. The Hall–Kier alpha value is -6.35. The van der Waals surface area contributed by atoms with Crippen LogP contribution < -0.4 is 48.3 Å². The smallest absolute Gasteiger partial charge is 0.248 e. The summed E-state index contributed by atoms with van der Waals surface area (Å²) < 4.78 is 23.7. The van der Waals surface area contributed by atoms with E-state index in [4.69, 9.17) is 24.7 Å². The first-order valence-electron chi connectivity index (χ1n) is 29.0. The van der Waals surface area contributed by atoms with Crippen LogP contribution in [0.2, 0.25) is 0 Å². The molecule has 4 heterocycles. The monoisotopic (exact) mass is 1260 g/mol. The molecule has 19 N–H and O–H groups in total. The highest BCUT2D eigenvalue weighted by atomic mass is 16.7. The molecule has 11 amide bonds. The molecule has 35 nitrogen and oxygen atoms in total. The maximum Gasteiger partial charge on any atom is 0.248 e. The fraction of sp³-hybridized carbons (Fsp3) is 0.792. The summed E-state index contributed by atoms with van der Waals surface area (Å²) in [6.45, 7) is 8.36. The number of likely N-dealkylation sites (tertiary alicyclic amines) is 2. The molecule has 4 fully saturated rings. The number of aliphatic hydroxyl groups is 9. The molecule has 0 bridgehead atoms. The van der Waals surface area contributed by atoms with E-state index in [1.807, 2.05) is 0 Å². The van der Waals surface area contributed by atoms with Crippen LogP contribution in [0, 0.1) is 5.92 Å². The lowest BCUT2D eigenvalue weighted by molar-refractivity contribution is -0.282. The molecule has 0 saturated carbocycles. The number of carbonyl (C=O) groups is 11. The van der Waals surface area contributed by atoms with Gasteiger partial charge in [-0.2, -0.15) is 0 Å². The lowest BCUT2D eigenvalue weighted by Crippen LogP contribution is -2.68. The van der Waals surface area contributed by atoms with E-state index >= 15 is 9.59 Å². The first-order chi connectivity index (χ1) is 41.2. The van der Waals surface area contributed by atoms with Gasteiger partial charge in [-0.05, 0) is 59.3 Å². The Balaban J connectivity index is 1.75. The fourth-order valence-electron chi connectivity index (χ4n) is 10.7. The number of nitrogens with zero attached hydrogens (tertiary/aromatic N) is 2. The molecular formula is C53H89N11O24. The zero-order valence-electron chi connectivity index (χ0n) is 50.5. The van der Waals surface area contributed by atoms with Crippen LogP contribution in [-0.4, -0.2) is 288 Å². The largest absolute Gasteiger partial charge is 0.394 e. The van der Waals surface area contributed by atoms with E-state index in [2.05, 4.69) is 42.5 Å². The molecule has 0 aromatic carbocycles. The van der Waals surface area contributed by atoms with Gasteiger partial charge in [0.2, 0.25) is 65.0 Å². The standard InChI is InChI=1S/C53H89N11O24/c1-10-20(2)33(48(81)57-28(17-65)45(78)59-34(21(3)68)44(54)77)58-47(80)30-14-12-16-64(30)51(84)35(22(4)69)60-49(82)37(24(6)86-53-39(56-26(8)71)43(76)41(74)32(19-67)88-53)62-50(83)36(61-46(79)29-13-11-15-63(29)27(9)72)23(5)85-52-38(55-25(7)70)42(75)40(73)31(18-66)87-52/h20-24,28-43,52-53,65-69,73-76H,10-19H2,1-9H3,(H2,54,77)(H,55,70)(H,56,71)(H,57,81)(H,58,80)(H,59,78)(H,60,82)(H,61,79)(H,62,83)/t20-,21+,22+,23+,24+,28-,29-,30-,31+,32+,33-,34-,35-,36-,37-,38+,39+,40-,41-,42+,43+,52-,53-/m0/s1. The topological polar surface area (TPSA) is 536 Å². The second-order valence-electron chi connectivity index (χ2n) is 22.6. The Morgan fingerprint density at radius 3 is 1.34 bits per heavy atom. The molecule has 0 aliphatic carbocycles. The Morgan fingerprint density at radius 2 is 0.943 bits per heavy atom. The van der Waals surface area contributed by atoms with Crippen molar-refractivity contribution in [2.75, 3.05) is 32.9 Å². The van der Waals surface area contributed by atoms with Gasteiger partial charge < -0.3 is 123 Å². The number of nitrogens with two attached hydrogens (primary N) is 1. The van der Waals surface area contributed by atoms with Crippen LogP contribution in [0.5, 0.6) is 0 Å². The quantitative estimate of drug-likeness (QED) is 0.0331. The van der Waals surface area contributed by atoms with Crippen molar-refractivity contribution in [2.24, 2.45) is 11.7 Å². The molecule has 0 radical (unpaired) electrons. The van der Waals surface area contributed by atoms with Gasteiger partial charge in [0.25, 0.3) is 0 Å². The Morgan fingerprint density at radius 1 is 0.545 bits per heavy atom. The first kappa shape index (κ1) is 74.1. The van der Waals surface area contributed by atoms with E-state index in [1.165, 1.54) is 18.7 Å². The number of rotatable bonds is 29. The van der Waals surface area contributed by atoms with Crippen molar-refractivity contribution in [3.8, 4) is 0 Å². The van der Waals surface area contributed by atoms with Crippen LogP contribution in [0.1, 0.15) is 94.4 Å². The Labute approximate surface area is 506 Å². The van der Waals surface area contributed by atoms with Gasteiger partial charge in [0, 0.05) is 33.9 Å². The highest BCUT2D eigenvalue weighted by Crippen LogP contribution is 2.28. The maximum atomic E-state index is 15.1. The van der Waals surface area contributed by atoms with E-state index < -0.39 is 225 Å². The normalized spacial score (nSPS) is 29.2.